The van der Waals surface area contributed by atoms with E-state index in [4.69, 9.17) is 0 Å². The number of allylic oxidation sites excluding steroid dienone is 1. The van der Waals surface area contributed by atoms with Gasteiger partial charge in [-0.25, -0.2) is 4.39 Å². The Kier molecular flexibility index (Phi) is 5.71. The fraction of sp³-hybridized carbons (Fsp3) is 0.385. The molecule has 1 unspecified atom stereocenters. The van der Waals surface area contributed by atoms with Crippen molar-refractivity contribution in [2.75, 3.05) is 7.05 Å². The quantitative estimate of drug-likeness (QED) is 0.610. The second-order valence-electron chi connectivity index (χ2n) is 3.73. The van der Waals surface area contributed by atoms with Crippen LogP contribution in [0.15, 0.2) is 35.3 Å². The average Bonchev–Trinajstić information content (AvgIpc) is 2.28. The van der Waals surface area contributed by atoms with Crippen LogP contribution in [-0.2, 0) is 0 Å². The summed E-state index contributed by atoms with van der Waals surface area (Å²) in [5, 5.41) is 3.21. The summed E-state index contributed by atoms with van der Waals surface area (Å²) in [5.41, 5.74) is 0.978. The normalized spacial score (nSPS) is 12.4. The summed E-state index contributed by atoms with van der Waals surface area (Å²) >= 11 is 3.45. The molecule has 1 rings (SSSR count). The summed E-state index contributed by atoms with van der Waals surface area (Å²) in [6.07, 6.45) is 4.93. The molecule has 1 aromatic rings. The largest absolute Gasteiger partial charge is 0.313 e. The van der Waals surface area contributed by atoms with E-state index in [1.165, 1.54) is 6.07 Å². The molecule has 0 aromatic heterocycles. The molecular formula is C13H17BrFN. The molecule has 16 heavy (non-hydrogen) atoms. The van der Waals surface area contributed by atoms with Crippen molar-refractivity contribution in [1.29, 1.82) is 0 Å². The number of rotatable bonds is 6. The Bertz CT molecular complexity index is 352. The highest BCUT2D eigenvalue weighted by Gasteiger charge is 2.12. The lowest BCUT2D eigenvalue weighted by Crippen LogP contribution is -2.17. The fourth-order valence-electron chi connectivity index (χ4n) is 1.70. The third kappa shape index (κ3) is 3.72. The predicted octanol–water partition coefficient (Wildman–Crippen LogP) is 4.21. The highest BCUT2D eigenvalue weighted by atomic mass is 79.9. The van der Waals surface area contributed by atoms with Gasteiger partial charge >= 0.3 is 0 Å². The van der Waals surface area contributed by atoms with E-state index in [2.05, 4.69) is 27.8 Å². The van der Waals surface area contributed by atoms with Crippen molar-refractivity contribution in [1.82, 2.24) is 5.32 Å². The monoisotopic (exact) mass is 285 g/mol. The molecule has 1 nitrogen and oxygen atoms in total. The molecule has 1 aromatic carbocycles. The first-order valence-corrected chi connectivity index (χ1v) is 6.21. The lowest BCUT2D eigenvalue weighted by molar-refractivity contribution is 0.523. The van der Waals surface area contributed by atoms with Crippen LogP contribution in [0.1, 0.15) is 30.9 Å². The van der Waals surface area contributed by atoms with Crippen LogP contribution in [0.5, 0.6) is 0 Å². The Hall–Kier alpha value is -0.670. The third-order valence-corrected chi connectivity index (χ3v) is 3.31. The highest BCUT2D eigenvalue weighted by molar-refractivity contribution is 9.10. The van der Waals surface area contributed by atoms with Crippen LogP contribution in [0.4, 0.5) is 4.39 Å². The molecule has 3 heteroatoms. The molecule has 0 saturated carbocycles. The van der Waals surface area contributed by atoms with Crippen molar-refractivity contribution in [2.45, 2.75) is 25.3 Å². The molecule has 0 radical (unpaired) electrons. The minimum Gasteiger partial charge on any atom is -0.313 e. The van der Waals surface area contributed by atoms with Crippen molar-refractivity contribution in [3.63, 3.8) is 0 Å². The fourth-order valence-corrected chi connectivity index (χ4v) is 2.23. The summed E-state index contributed by atoms with van der Waals surface area (Å²) in [7, 11) is 1.90. The van der Waals surface area contributed by atoms with Crippen molar-refractivity contribution in [3.05, 3.63) is 46.7 Å². The van der Waals surface area contributed by atoms with Gasteiger partial charge < -0.3 is 5.32 Å². The lowest BCUT2D eigenvalue weighted by atomic mass is 10.0. The molecule has 0 spiro atoms. The molecule has 1 atom stereocenters. The molecule has 0 fully saturated rings. The second kappa shape index (κ2) is 6.81. The number of hydrogen-bond donors (Lipinski definition) is 1. The molecule has 88 valence electrons. The molecule has 0 aliphatic rings. The zero-order valence-corrected chi connectivity index (χ0v) is 11.1. The Morgan fingerprint density at radius 1 is 1.56 bits per heavy atom. The first kappa shape index (κ1) is 13.4. The van der Waals surface area contributed by atoms with E-state index >= 15 is 0 Å². The zero-order chi connectivity index (χ0) is 12.0. The smallest absolute Gasteiger partial charge is 0.123 e. The Labute approximate surface area is 105 Å². The van der Waals surface area contributed by atoms with Gasteiger partial charge in [-0.15, -0.1) is 6.58 Å². The van der Waals surface area contributed by atoms with Crippen LogP contribution in [-0.4, -0.2) is 7.05 Å². The number of benzene rings is 1. The van der Waals surface area contributed by atoms with Gasteiger partial charge in [0.25, 0.3) is 0 Å². The number of unbranched alkanes of at least 4 members (excludes halogenated alkanes) is 1. The van der Waals surface area contributed by atoms with E-state index < -0.39 is 0 Å². The van der Waals surface area contributed by atoms with Crippen molar-refractivity contribution < 1.29 is 4.39 Å². The van der Waals surface area contributed by atoms with E-state index in [1.807, 2.05) is 13.1 Å². The SMILES string of the molecule is C=CCCCC(NC)c1cc(F)ccc1Br. The molecule has 0 heterocycles. The van der Waals surface area contributed by atoms with E-state index in [9.17, 15) is 4.39 Å². The highest BCUT2D eigenvalue weighted by Crippen LogP contribution is 2.27. The number of hydrogen-bond acceptors (Lipinski definition) is 1. The van der Waals surface area contributed by atoms with E-state index in [0.717, 1.165) is 29.3 Å². The Morgan fingerprint density at radius 3 is 2.94 bits per heavy atom. The summed E-state index contributed by atoms with van der Waals surface area (Å²) in [4.78, 5) is 0. The minimum atomic E-state index is -0.192. The summed E-state index contributed by atoms with van der Waals surface area (Å²) in [6, 6.07) is 4.98. The summed E-state index contributed by atoms with van der Waals surface area (Å²) in [5.74, 6) is -0.192. The first-order valence-electron chi connectivity index (χ1n) is 5.42. The maximum Gasteiger partial charge on any atom is 0.123 e. The zero-order valence-electron chi connectivity index (χ0n) is 9.47. The van der Waals surface area contributed by atoms with Crippen LogP contribution in [0.2, 0.25) is 0 Å². The molecule has 0 amide bonds. The van der Waals surface area contributed by atoms with Crippen molar-refractivity contribution in [3.8, 4) is 0 Å². The van der Waals surface area contributed by atoms with Crippen LogP contribution < -0.4 is 5.32 Å². The first-order chi connectivity index (χ1) is 7.69. The maximum atomic E-state index is 13.2. The Balaban J connectivity index is 2.77. The van der Waals surface area contributed by atoms with Gasteiger partial charge in [0, 0.05) is 10.5 Å². The molecule has 0 saturated heterocycles. The lowest BCUT2D eigenvalue weighted by Gasteiger charge is -2.17. The minimum absolute atomic E-state index is 0.185. The van der Waals surface area contributed by atoms with Gasteiger partial charge in [0.2, 0.25) is 0 Å². The summed E-state index contributed by atoms with van der Waals surface area (Å²) < 4.78 is 14.1. The Morgan fingerprint density at radius 2 is 2.31 bits per heavy atom. The van der Waals surface area contributed by atoms with Gasteiger partial charge in [0.15, 0.2) is 0 Å². The molecular weight excluding hydrogens is 269 g/mol. The van der Waals surface area contributed by atoms with Crippen molar-refractivity contribution in [2.24, 2.45) is 0 Å². The number of halogens is 2. The van der Waals surface area contributed by atoms with Crippen LogP contribution in [0.25, 0.3) is 0 Å². The van der Waals surface area contributed by atoms with Gasteiger partial charge in [-0.05, 0) is 50.1 Å². The molecule has 0 aliphatic carbocycles. The van der Waals surface area contributed by atoms with E-state index in [0.29, 0.717) is 0 Å². The van der Waals surface area contributed by atoms with Gasteiger partial charge in [-0.1, -0.05) is 22.0 Å². The van der Waals surface area contributed by atoms with Gasteiger partial charge in [-0.3, -0.25) is 0 Å². The number of nitrogens with one attached hydrogen (secondary N) is 1. The van der Waals surface area contributed by atoms with E-state index in [-0.39, 0.29) is 11.9 Å². The topological polar surface area (TPSA) is 12.0 Å². The van der Waals surface area contributed by atoms with Gasteiger partial charge in [0.05, 0.1) is 0 Å². The predicted molar refractivity (Wildman–Crippen MR) is 69.9 cm³/mol. The van der Waals surface area contributed by atoms with Crippen LogP contribution in [0, 0.1) is 5.82 Å². The average molecular weight is 286 g/mol. The summed E-state index contributed by atoms with van der Waals surface area (Å²) in [6.45, 7) is 3.70. The third-order valence-electron chi connectivity index (χ3n) is 2.58. The molecule has 0 bridgehead atoms. The van der Waals surface area contributed by atoms with Crippen molar-refractivity contribution >= 4 is 15.9 Å². The van der Waals surface area contributed by atoms with Crippen LogP contribution in [0.3, 0.4) is 0 Å². The van der Waals surface area contributed by atoms with E-state index in [1.54, 1.807) is 12.1 Å². The van der Waals surface area contributed by atoms with Crippen LogP contribution >= 0.6 is 15.9 Å². The maximum absolute atomic E-state index is 13.2. The second-order valence-corrected chi connectivity index (χ2v) is 4.58. The van der Waals surface area contributed by atoms with Gasteiger partial charge in [-0.2, -0.15) is 0 Å². The molecule has 0 aliphatic heterocycles. The standard InChI is InChI=1S/C13H17BrFN/c1-3-4-5-6-13(16-2)11-9-10(15)7-8-12(11)14/h3,7-9,13,16H,1,4-6H2,2H3. The van der Waals surface area contributed by atoms with Gasteiger partial charge in [0.1, 0.15) is 5.82 Å². The molecule has 1 N–H and O–H groups in total.